The summed E-state index contributed by atoms with van der Waals surface area (Å²) in [6, 6.07) is 10.3. The van der Waals surface area contributed by atoms with Gasteiger partial charge in [-0.3, -0.25) is 4.79 Å². The van der Waals surface area contributed by atoms with E-state index in [1.54, 1.807) is 43.5 Å². The van der Waals surface area contributed by atoms with E-state index in [1.807, 2.05) is 13.0 Å². The molecule has 0 atom stereocenters. The number of halogens is 2. The Balaban J connectivity index is 2.06. The molecule has 0 aliphatic carbocycles. The van der Waals surface area contributed by atoms with E-state index in [9.17, 15) is 4.79 Å². The molecule has 0 radical (unpaired) electrons. The van der Waals surface area contributed by atoms with Gasteiger partial charge in [-0.1, -0.05) is 29.3 Å². The van der Waals surface area contributed by atoms with Gasteiger partial charge in [0.05, 0.1) is 23.8 Å². The molecule has 0 saturated carbocycles. The van der Waals surface area contributed by atoms with Gasteiger partial charge in [0.2, 0.25) is 5.91 Å². The minimum atomic E-state index is -0.277. The summed E-state index contributed by atoms with van der Waals surface area (Å²) in [4.78, 5) is 12.0. The summed E-state index contributed by atoms with van der Waals surface area (Å²) in [5.41, 5.74) is 1.39. The van der Waals surface area contributed by atoms with Crippen molar-refractivity contribution in [1.82, 2.24) is 0 Å². The molecule has 0 fully saturated rings. The molecule has 2 aromatic rings. The molecule has 0 heterocycles. The molecule has 6 heteroatoms. The predicted octanol–water partition coefficient (Wildman–Crippen LogP) is 5.05. The van der Waals surface area contributed by atoms with Crippen molar-refractivity contribution in [1.29, 1.82) is 0 Å². The molecule has 0 bridgehead atoms. The summed E-state index contributed by atoms with van der Waals surface area (Å²) >= 11 is 11.8. The highest BCUT2D eigenvalue weighted by molar-refractivity contribution is 6.42. The van der Waals surface area contributed by atoms with Crippen molar-refractivity contribution >= 4 is 40.9 Å². The lowest BCUT2D eigenvalue weighted by Gasteiger charge is -2.09. The first-order valence-corrected chi connectivity index (χ1v) is 8.04. The van der Waals surface area contributed by atoms with Gasteiger partial charge in [-0.2, -0.15) is 0 Å². The van der Waals surface area contributed by atoms with E-state index in [0.29, 0.717) is 33.8 Å². The number of rotatable bonds is 6. The molecule has 2 aromatic carbocycles. The quantitative estimate of drug-likeness (QED) is 0.728. The van der Waals surface area contributed by atoms with Gasteiger partial charge in [-0.25, -0.2) is 0 Å². The Morgan fingerprint density at radius 3 is 2.58 bits per heavy atom. The average Bonchev–Trinajstić information content (AvgIpc) is 2.57. The van der Waals surface area contributed by atoms with Crippen LogP contribution < -0.4 is 14.8 Å². The lowest BCUT2D eigenvalue weighted by molar-refractivity contribution is -0.111. The average molecular weight is 366 g/mol. The Morgan fingerprint density at radius 1 is 1.12 bits per heavy atom. The lowest BCUT2D eigenvalue weighted by atomic mass is 10.2. The van der Waals surface area contributed by atoms with Crippen LogP contribution >= 0.6 is 23.2 Å². The number of amides is 1. The highest BCUT2D eigenvalue weighted by Crippen LogP contribution is 2.28. The zero-order valence-corrected chi connectivity index (χ0v) is 14.8. The summed E-state index contributed by atoms with van der Waals surface area (Å²) in [5, 5.41) is 3.54. The Morgan fingerprint density at radius 2 is 1.92 bits per heavy atom. The maximum absolute atomic E-state index is 12.0. The number of methoxy groups -OCH3 is 1. The number of ether oxygens (including phenoxy) is 2. The number of carbonyl (C=O) groups excluding carboxylic acids is 1. The molecule has 0 unspecified atom stereocenters. The second-order valence-electron chi connectivity index (χ2n) is 4.79. The van der Waals surface area contributed by atoms with Crippen molar-refractivity contribution in [3.63, 3.8) is 0 Å². The number of benzene rings is 2. The zero-order valence-electron chi connectivity index (χ0n) is 13.3. The van der Waals surface area contributed by atoms with Gasteiger partial charge in [0.25, 0.3) is 0 Å². The van der Waals surface area contributed by atoms with Gasteiger partial charge in [0, 0.05) is 11.8 Å². The van der Waals surface area contributed by atoms with Crippen LogP contribution in [0.4, 0.5) is 5.69 Å². The third-order valence-corrected chi connectivity index (χ3v) is 3.84. The van der Waals surface area contributed by atoms with Crippen molar-refractivity contribution in [3.05, 3.63) is 58.1 Å². The van der Waals surface area contributed by atoms with Gasteiger partial charge in [0.1, 0.15) is 0 Å². The largest absolute Gasteiger partial charge is 0.493 e. The molecular weight excluding hydrogens is 349 g/mol. The Labute approximate surface area is 151 Å². The highest BCUT2D eigenvalue weighted by Gasteiger charge is 2.05. The van der Waals surface area contributed by atoms with Crippen LogP contribution in [0.3, 0.4) is 0 Å². The van der Waals surface area contributed by atoms with E-state index in [2.05, 4.69) is 5.32 Å². The fraction of sp³-hybridized carbons (Fsp3) is 0.167. The second kappa shape index (κ2) is 8.62. The van der Waals surface area contributed by atoms with Gasteiger partial charge in [-0.05, 0) is 48.9 Å². The van der Waals surface area contributed by atoms with Crippen molar-refractivity contribution in [2.24, 2.45) is 0 Å². The molecule has 0 aliphatic heterocycles. The first-order chi connectivity index (χ1) is 11.5. The number of nitrogens with one attached hydrogen (secondary N) is 1. The van der Waals surface area contributed by atoms with Gasteiger partial charge >= 0.3 is 0 Å². The molecular formula is C18H17Cl2NO3. The molecule has 4 nitrogen and oxygen atoms in total. The minimum absolute atomic E-state index is 0.277. The summed E-state index contributed by atoms with van der Waals surface area (Å²) in [7, 11) is 1.57. The maximum atomic E-state index is 12.0. The predicted molar refractivity (Wildman–Crippen MR) is 98.3 cm³/mol. The smallest absolute Gasteiger partial charge is 0.248 e. The van der Waals surface area contributed by atoms with Crippen molar-refractivity contribution in [3.8, 4) is 11.5 Å². The number of carbonyl (C=O) groups is 1. The molecule has 0 aliphatic rings. The highest BCUT2D eigenvalue weighted by atomic mass is 35.5. The first kappa shape index (κ1) is 18.2. The van der Waals surface area contributed by atoms with Crippen molar-refractivity contribution in [2.75, 3.05) is 19.0 Å². The summed E-state index contributed by atoms with van der Waals surface area (Å²) in [6.07, 6.45) is 3.11. The van der Waals surface area contributed by atoms with Crippen LogP contribution in [0.15, 0.2) is 42.5 Å². The molecule has 0 saturated heterocycles. The van der Waals surface area contributed by atoms with E-state index in [-0.39, 0.29) is 5.91 Å². The Hall–Kier alpha value is -2.17. The summed E-state index contributed by atoms with van der Waals surface area (Å²) in [6.45, 7) is 2.46. The molecule has 126 valence electrons. The molecule has 1 N–H and O–H groups in total. The fourth-order valence-electron chi connectivity index (χ4n) is 1.99. The third-order valence-electron chi connectivity index (χ3n) is 3.10. The van der Waals surface area contributed by atoms with Crippen LogP contribution in [0.5, 0.6) is 11.5 Å². The van der Waals surface area contributed by atoms with E-state index in [4.69, 9.17) is 32.7 Å². The summed E-state index contributed by atoms with van der Waals surface area (Å²) in [5.74, 6) is 1.00. The van der Waals surface area contributed by atoms with E-state index >= 15 is 0 Å². The molecule has 24 heavy (non-hydrogen) atoms. The van der Waals surface area contributed by atoms with Gasteiger partial charge in [0.15, 0.2) is 11.5 Å². The van der Waals surface area contributed by atoms with Crippen molar-refractivity contribution in [2.45, 2.75) is 6.92 Å². The van der Waals surface area contributed by atoms with E-state index in [0.717, 1.165) is 5.56 Å². The number of hydrogen-bond acceptors (Lipinski definition) is 3. The third kappa shape index (κ3) is 4.91. The Bertz CT molecular complexity index is 760. The van der Waals surface area contributed by atoms with Crippen LogP contribution in [0.2, 0.25) is 10.0 Å². The van der Waals surface area contributed by atoms with E-state index < -0.39 is 0 Å². The lowest BCUT2D eigenvalue weighted by Crippen LogP contribution is -2.07. The van der Waals surface area contributed by atoms with Crippen LogP contribution in [0.1, 0.15) is 12.5 Å². The van der Waals surface area contributed by atoms with Crippen molar-refractivity contribution < 1.29 is 14.3 Å². The Kier molecular flexibility index (Phi) is 6.53. The van der Waals surface area contributed by atoms with Gasteiger partial charge < -0.3 is 14.8 Å². The monoisotopic (exact) mass is 365 g/mol. The topological polar surface area (TPSA) is 47.6 Å². The van der Waals surface area contributed by atoms with E-state index in [1.165, 1.54) is 6.08 Å². The number of anilines is 1. The normalized spacial score (nSPS) is 10.7. The molecule has 0 spiro atoms. The first-order valence-electron chi connectivity index (χ1n) is 7.28. The van der Waals surface area contributed by atoms with Crippen LogP contribution in [-0.2, 0) is 4.79 Å². The van der Waals surface area contributed by atoms with Crippen LogP contribution in [0, 0.1) is 0 Å². The molecule has 2 rings (SSSR count). The SMILES string of the molecule is CCOc1ccc(/C=C/C(=O)Nc2ccc(Cl)c(Cl)c2)cc1OC. The second-order valence-corrected chi connectivity index (χ2v) is 5.61. The molecule has 0 aromatic heterocycles. The minimum Gasteiger partial charge on any atom is -0.493 e. The standard InChI is InChI=1S/C18H17Cl2NO3/c1-3-24-16-8-4-12(10-17(16)23-2)5-9-18(22)21-13-6-7-14(19)15(20)11-13/h4-11H,3H2,1-2H3,(H,21,22)/b9-5+. The van der Waals surface area contributed by atoms with Gasteiger partial charge in [-0.15, -0.1) is 0 Å². The summed E-state index contributed by atoms with van der Waals surface area (Å²) < 4.78 is 10.7. The zero-order chi connectivity index (χ0) is 17.5. The fourth-order valence-corrected chi connectivity index (χ4v) is 2.29. The van der Waals surface area contributed by atoms with Crippen LogP contribution in [0.25, 0.3) is 6.08 Å². The maximum Gasteiger partial charge on any atom is 0.248 e. The van der Waals surface area contributed by atoms with Crippen LogP contribution in [-0.4, -0.2) is 19.6 Å². The number of hydrogen-bond donors (Lipinski definition) is 1. The molecule has 1 amide bonds.